The van der Waals surface area contributed by atoms with Crippen LogP contribution in [0.4, 0.5) is 10.3 Å². The molecule has 2 aromatic rings. The van der Waals surface area contributed by atoms with E-state index in [0.29, 0.717) is 24.6 Å². The van der Waals surface area contributed by atoms with Crippen molar-refractivity contribution in [3.8, 4) is 0 Å². The Morgan fingerprint density at radius 2 is 2.05 bits per heavy atom. The van der Waals surface area contributed by atoms with Crippen LogP contribution < -0.4 is 4.90 Å². The van der Waals surface area contributed by atoms with Gasteiger partial charge >= 0.3 is 0 Å². The molecule has 0 radical (unpaired) electrons. The lowest BCUT2D eigenvalue weighted by molar-refractivity contribution is 0.0724. The maximum atomic E-state index is 12.9. The van der Waals surface area contributed by atoms with Crippen molar-refractivity contribution in [1.29, 1.82) is 0 Å². The number of halogens is 1. The maximum Gasteiger partial charge on any atom is 0.257 e. The Balaban J connectivity index is 1.51. The van der Waals surface area contributed by atoms with Gasteiger partial charge in [-0.1, -0.05) is 0 Å². The highest BCUT2D eigenvalue weighted by atomic mass is 19.1. The third kappa shape index (κ3) is 1.96. The van der Waals surface area contributed by atoms with Crippen molar-refractivity contribution in [2.45, 2.75) is 25.4 Å². The predicted molar refractivity (Wildman–Crippen MR) is 76.0 cm³/mol. The minimum absolute atomic E-state index is 0.0124. The first-order valence-electron chi connectivity index (χ1n) is 7.21. The molecular formula is C15H15FN4O2. The Bertz CT molecular complexity index is 715. The second kappa shape index (κ2) is 4.79. The van der Waals surface area contributed by atoms with Gasteiger partial charge < -0.3 is 14.2 Å². The Morgan fingerprint density at radius 1 is 1.27 bits per heavy atom. The molecule has 0 aliphatic carbocycles. The first-order chi connectivity index (χ1) is 10.6. The van der Waals surface area contributed by atoms with Crippen molar-refractivity contribution in [3.05, 3.63) is 41.9 Å². The number of aromatic nitrogens is 2. The monoisotopic (exact) mass is 302 g/mol. The van der Waals surface area contributed by atoms with Gasteiger partial charge in [0.1, 0.15) is 6.26 Å². The van der Waals surface area contributed by atoms with Gasteiger partial charge in [0.05, 0.1) is 36.3 Å². The lowest BCUT2D eigenvalue weighted by Gasteiger charge is -2.34. The van der Waals surface area contributed by atoms with E-state index in [1.807, 2.05) is 11.8 Å². The highest BCUT2D eigenvalue weighted by Gasteiger charge is 2.46. The SMILES string of the molecule is Cc1cocc1C(=O)N1C[C@@H]2C[C@H]1CN2c1ncc(F)cn1. The van der Waals surface area contributed by atoms with Crippen molar-refractivity contribution >= 4 is 11.9 Å². The average Bonchev–Trinajstić information content (AvgIpc) is 3.22. The number of carbonyl (C=O) groups excluding carboxylic acids is 1. The molecule has 2 aliphatic heterocycles. The summed E-state index contributed by atoms with van der Waals surface area (Å²) in [5.41, 5.74) is 1.48. The lowest BCUT2D eigenvalue weighted by atomic mass is 10.2. The molecule has 1 amide bonds. The molecule has 0 unspecified atom stereocenters. The van der Waals surface area contributed by atoms with Gasteiger partial charge in [-0.15, -0.1) is 0 Å². The molecular weight excluding hydrogens is 287 g/mol. The fourth-order valence-corrected chi connectivity index (χ4v) is 3.35. The van der Waals surface area contributed by atoms with Gasteiger partial charge in [-0.05, 0) is 18.9 Å². The number of carbonyl (C=O) groups is 1. The minimum atomic E-state index is -0.444. The molecule has 0 saturated carbocycles. The van der Waals surface area contributed by atoms with Crippen molar-refractivity contribution in [1.82, 2.24) is 14.9 Å². The number of hydrogen-bond donors (Lipinski definition) is 0. The largest absolute Gasteiger partial charge is 0.471 e. The van der Waals surface area contributed by atoms with Crippen LogP contribution in [0.2, 0.25) is 0 Å². The first kappa shape index (κ1) is 13.2. The minimum Gasteiger partial charge on any atom is -0.471 e. The van der Waals surface area contributed by atoms with E-state index in [9.17, 15) is 9.18 Å². The summed E-state index contributed by atoms with van der Waals surface area (Å²) in [4.78, 5) is 24.6. The van der Waals surface area contributed by atoms with Crippen LogP contribution in [0.15, 0.2) is 29.3 Å². The zero-order chi connectivity index (χ0) is 15.3. The molecule has 22 heavy (non-hydrogen) atoms. The smallest absolute Gasteiger partial charge is 0.257 e. The summed E-state index contributed by atoms with van der Waals surface area (Å²) in [6.07, 6.45) is 6.33. The molecule has 2 fully saturated rings. The number of rotatable bonds is 2. The van der Waals surface area contributed by atoms with Gasteiger partial charge in [0.2, 0.25) is 5.95 Å². The summed E-state index contributed by atoms with van der Waals surface area (Å²) in [7, 11) is 0. The number of anilines is 1. The molecule has 114 valence electrons. The van der Waals surface area contributed by atoms with Gasteiger partial charge in [0.15, 0.2) is 5.82 Å². The molecule has 7 heteroatoms. The normalized spacial score (nSPS) is 23.4. The third-order valence-corrected chi connectivity index (χ3v) is 4.45. The van der Waals surface area contributed by atoms with Crippen LogP contribution >= 0.6 is 0 Å². The van der Waals surface area contributed by atoms with Crippen LogP contribution in [0.3, 0.4) is 0 Å². The van der Waals surface area contributed by atoms with Crippen molar-refractivity contribution in [2.75, 3.05) is 18.0 Å². The van der Waals surface area contributed by atoms with E-state index in [-0.39, 0.29) is 18.0 Å². The number of furan rings is 1. The number of amides is 1. The molecule has 2 atom stereocenters. The summed E-state index contributed by atoms with van der Waals surface area (Å²) >= 11 is 0. The number of hydrogen-bond acceptors (Lipinski definition) is 5. The van der Waals surface area contributed by atoms with Gasteiger partial charge in [0.25, 0.3) is 5.91 Å². The Labute approximate surface area is 126 Å². The van der Waals surface area contributed by atoms with Crippen LogP contribution in [0.25, 0.3) is 0 Å². The topological polar surface area (TPSA) is 62.5 Å². The van der Waals surface area contributed by atoms with Crippen molar-refractivity contribution < 1.29 is 13.6 Å². The fourth-order valence-electron chi connectivity index (χ4n) is 3.35. The summed E-state index contributed by atoms with van der Waals surface area (Å²) in [5, 5.41) is 0. The second-order valence-electron chi connectivity index (χ2n) is 5.82. The summed E-state index contributed by atoms with van der Waals surface area (Å²) in [5.74, 6) is 0.0965. The zero-order valence-electron chi connectivity index (χ0n) is 12.1. The fraction of sp³-hybridized carbons (Fsp3) is 0.400. The quantitative estimate of drug-likeness (QED) is 0.843. The number of piperazine rings is 1. The maximum absolute atomic E-state index is 12.9. The predicted octanol–water partition coefficient (Wildman–Crippen LogP) is 1.62. The van der Waals surface area contributed by atoms with E-state index in [2.05, 4.69) is 14.9 Å². The van der Waals surface area contributed by atoms with Crippen LogP contribution in [-0.2, 0) is 0 Å². The second-order valence-corrected chi connectivity index (χ2v) is 5.82. The number of aryl methyl sites for hydroxylation is 1. The molecule has 2 aromatic heterocycles. The highest BCUT2D eigenvalue weighted by Crippen LogP contribution is 2.34. The van der Waals surface area contributed by atoms with Crippen LogP contribution in [0, 0.1) is 12.7 Å². The number of nitrogens with zero attached hydrogens (tertiary/aromatic N) is 4. The molecule has 0 N–H and O–H groups in total. The van der Waals surface area contributed by atoms with E-state index in [1.165, 1.54) is 18.7 Å². The standard InChI is InChI=1S/C15H15FN4O2/c1-9-7-22-8-13(9)14(21)19-5-12-2-11(19)6-20(12)15-17-3-10(16)4-18-15/h3-4,7-8,11-12H,2,5-6H2,1H3/t11-,12-/m0/s1. The van der Waals surface area contributed by atoms with E-state index in [1.54, 1.807) is 6.26 Å². The van der Waals surface area contributed by atoms with E-state index in [4.69, 9.17) is 4.42 Å². The van der Waals surface area contributed by atoms with Crippen molar-refractivity contribution in [2.24, 2.45) is 0 Å². The lowest BCUT2D eigenvalue weighted by Crippen LogP contribution is -2.49. The van der Waals surface area contributed by atoms with Crippen LogP contribution in [0.1, 0.15) is 22.3 Å². The molecule has 2 bridgehead atoms. The highest BCUT2D eigenvalue weighted by molar-refractivity contribution is 5.96. The van der Waals surface area contributed by atoms with Gasteiger partial charge in [0, 0.05) is 13.1 Å². The molecule has 4 heterocycles. The van der Waals surface area contributed by atoms with Gasteiger partial charge in [-0.25, -0.2) is 14.4 Å². The Hall–Kier alpha value is -2.44. The molecule has 2 aliphatic rings. The Morgan fingerprint density at radius 3 is 2.64 bits per heavy atom. The van der Waals surface area contributed by atoms with Crippen molar-refractivity contribution in [3.63, 3.8) is 0 Å². The molecule has 2 saturated heterocycles. The van der Waals surface area contributed by atoms with Crippen LogP contribution in [0.5, 0.6) is 0 Å². The first-order valence-corrected chi connectivity index (χ1v) is 7.21. The summed E-state index contributed by atoms with van der Waals surface area (Å²) < 4.78 is 18.0. The number of fused-ring (bicyclic) bond motifs is 2. The average molecular weight is 302 g/mol. The third-order valence-electron chi connectivity index (χ3n) is 4.45. The number of likely N-dealkylation sites (tertiary alicyclic amines) is 1. The van der Waals surface area contributed by atoms with E-state index in [0.717, 1.165) is 12.0 Å². The molecule has 0 aromatic carbocycles. The molecule has 4 rings (SSSR count). The van der Waals surface area contributed by atoms with E-state index >= 15 is 0 Å². The Kier molecular flexibility index (Phi) is 2.88. The summed E-state index contributed by atoms with van der Waals surface area (Å²) in [6.45, 7) is 3.18. The molecule has 6 nitrogen and oxygen atoms in total. The molecule has 0 spiro atoms. The summed E-state index contributed by atoms with van der Waals surface area (Å²) in [6, 6.07) is 0.326. The van der Waals surface area contributed by atoms with Gasteiger partial charge in [-0.3, -0.25) is 4.79 Å². The van der Waals surface area contributed by atoms with Gasteiger partial charge in [-0.2, -0.15) is 0 Å². The van der Waals surface area contributed by atoms with E-state index < -0.39 is 5.82 Å². The zero-order valence-corrected chi connectivity index (χ0v) is 12.1. The van der Waals surface area contributed by atoms with Crippen LogP contribution in [-0.4, -0.2) is 45.9 Å².